The van der Waals surface area contributed by atoms with Crippen LogP contribution in [-0.2, 0) is 23.2 Å². The van der Waals surface area contributed by atoms with Crippen molar-refractivity contribution in [2.75, 3.05) is 26.4 Å². The Morgan fingerprint density at radius 3 is 0.978 bits per heavy atom. The van der Waals surface area contributed by atoms with Crippen LogP contribution < -0.4 is 10.4 Å². The van der Waals surface area contributed by atoms with Gasteiger partial charge in [-0.1, -0.05) is 0 Å². The number of rotatable bonds is 28. The topological polar surface area (TPSA) is 55.4 Å². The molecule has 45 heavy (non-hydrogen) atoms. The summed E-state index contributed by atoms with van der Waals surface area (Å²) in [5, 5.41) is 2.06. The first-order valence-corrected chi connectivity index (χ1v) is 27.9. The van der Waals surface area contributed by atoms with Crippen molar-refractivity contribution in [3.05, 3.63) is 60.7 Å². The molecule has 0 amide bonds. The van der Waals surface area contributed by atoms with E-state index >= 15 is 0 Å². The third kappa shape index (κ3) is 13.8. The van der Waals surface area contributed by atoms with Gasteiger partial charge in [-0.25, -0.2) is 0 Å². The standard InChI is InChI=1S/2C14H23O3Si.2C4H9.Sn/c2*1-3-5-12-16-18(15,17-13-6-4-2)14-10-8-7-9-11-14;2*1-3-4-2;/h2*7-11H,3-6,12-13H2,1-2H3;2*1,3-4H2,2H3;/q2*-1;;;+2. The Bertz CT molecular complexity index is 885. The molecule has 2 rings (SSSR count). The van der Waals surface area contributed by atoms with Gasteiger partial charge in [-0.2, -0.15) is 0 Å². The Morgan fingerprint density at radius 2 is 0.711 bits per heavy atom. The molecule has 0 aliphatic carbocycles. The van der Waals surface area contributed by atoms with Gasteiger partial charge in [0.25, 0.3) is 0 Å². The number of unbranched alkanes of at least 4 members (excludes halogenated alkanes) is 6. The number of benzene rings is 2. The second-order valence-electron chi connectivity index (χ2n) is 12.0. The van der Waals surface area contributed by atoms with Gasteiger partial charge in [0.05, 0.1) is 0 Å². The molecule has 2 aromatic rings. The second-order valence-corrected chi connectivity index (χ2v) is 28.5. The van der Waals surface area contributed by atoms with Crippen LogP contribution >= 0.6 is 0 Å². The summed E-state index contributed by atoms with van der Waals surface area (Å²) in [7, 11) is -6.76. The quantitative estimate of drug-likeness (QED) is 0.0637. The van der Waals surface area contributed by atoms with Gasteiger partial charge in [0, 0.05) is 0 Å². The van der Waals surface area contributed by atoms with Crippen LogP contribution in [0.2, 0.25) is 8.87 Å². The second kappa shape index (κ2) is 23.7. The summed E-state index contributed by atoms with van der Waals surface area (Å²) in [6, 6.07) is 21.0. The van der Waals surface area contributed by atoms with E-state index in [0.717, 1.165) is 96.3 Å². The molecule has 0 radical (unpaired) electrons. The molecule has 0 aliphatic heterocycles. The zero-order valence-corrected chi connectivity index (χ0v) is 34.3. The summed E-state index contributed by atoms with van der Waals surface area (Å²) in [5.41, 5.74) is 0. The van der Waals surface area contributed by atoms with Crippen molar-refractivity contribution in [1.82, 2.24) is 0 Å². The van der Waals surface area contributed by atoms with E-state index in [1.54, 1.807) is 0 Å². The SMILES string of the molecule is CCCCO[Si](OCCCC)([O][Sn]([CH2]CCC)([CH2]CCC)[O][Si](OCCCC)(OCCCC)c1ccccc1)c1ccccc1. The van der Waals surface area contributed by atoms with Crippen molar-refractivity contribution in [3.8, 4) is 0 Å². The van der Waals surface area contributed by atoms with E-state index in [-0.39, 0.29) is 0 Å². The predicted octanol–water partition coefficient (Wildman–Crippen LogP) is 9.02. The Kier molecular flexibility index (Phi) is 21.4. The molecule has 9 heteroatoms. The first kappa shape index (κ1) is 40.6. The first-order chi connectivity index (χ1) is 22.0. The molecule has 0 unspecified atom stereocenters. The molecule has 0 fully saturated rings. The molecular weight excluding hydrogens is 703 g/mol. The van der Waals surface area contributed by atoms with Gasteiger partial charge in [0.1, 0.15) is 0 Å². The molecule has 2 aromatic carbocycles. The van der Waals surface area contributed by atoms with Gasteiger partial charge in [-0.15, -0.1) is 0 Å². The van der Waals surface area contributed by atoms with Crippen LogP contribution in [0.1, 0.15) is 119 Å². The molecule has 0 atom stereocenters. The fourth-order valence-corrected chi connectivity index (χ4v) is 33.6. The molecule has 0 aliphatic rings. The number of hydrogen-bond donors (Lipinski definition) is 0. The van der Waals surface area contributed by atoms with Gasteiger partial charge in [0.15, 0.2) is 0 Å². The molecule has 256 valence electrons. The van der Waals surface area contributed by atoms with Crippen molar-refractivity contribution in [1.29, 1.82) is 0 Å². The summed E-state index contributed by atoms with van der Waals surface area (Å²) in [4.78, 5) is 0. The Balaban J connectivity index is 2.79. The third-order valence-electron chi connectivity index (χ3n) is 7.88. The maximum absolute atomic E-state index is 7.76. The van der Waals surface area contributed by atoms with Crippen molar-refractivity contribution in [2.24, 2.45) is 0 Å². The molecule has 0 aromatic heterocycles. The molecule has 6 nitrogen and oxygen atoms in total. The van der Waals surface area contributed by atoms with Crippen LogP contribution in [-0.4, -0.2) is 63.2 Å². The normalized spacial score (nSPS) is 12.6. The summed E-state index contributed by atoms with van der Waals surface area (Å²) < 4.78 is 45.1. The average molecular weight is 768 g/mol. The number of hydrogen-bond acceptors (Lipinski definition) is 6. The zero-order valence-electron chi connectivity index (χ0n) is 29.5. The van der Waals surface area contributed by atoms with Crippen molar-refractivity contribution < 1.29 is 23.2 Å². The van der Waals surface area contributed by atoms with Crippen LogP contribution in [0.25, 0.3) is 0 Å². The van der Waals surface area contributed by atoms with Crippen LogP contribution in [0.3, 0.4) is 0 Å². The molecule has 0 spiro atoms. The molecule has 0 saturated carbocycles. The fourth-order valence-electron chi connectivity index (χ4n) is 5.07. The van der Waals surface area contributed by atoms with Gasteiger partial charge in [-0.05, 0) is 0 Å². The Labute approximate surface area is 283 Å². The van der Waals surface area contributed by atoms with E-state index in [9.17, 15) is 0 Å². The van der Waals surface area contributed by atoms with Crippen LogP contribution in [0.5, 0.6) is 0 Å². The average Bonchev–Trinajstić information content (AvgIpc) is 3.07. The molecular formula is C36H64O6Si2Sn. The fraction of sp³-hybridized carbons (Fsp3) is 0.667. The molecule has 0 heterocycles. The van der Waals surface area contributed by atoms with E-state index in [1.165, 1.54) is 0 Å². The van der Waals surface area contributed by atoms with Crippen LogP contribution in [0, 0.1) is 0 Å². The molecule has 0 bridgehead atoms. The van der Waals surface area contributed by atoms with Crippen LogP contribution in [0.4, 0.5) is 0 Å². The van der Waals surface area contributed by atoms with Gasteiger partial charge >= 0.3 is 285 Å². The molecule has 0 saturated heterocycles. The minimum atomic E-state index is -4.16. The Morgan fingerprint density at radius 1 is 0.422 bits per heavy atom. The van der Waals surface area contributed by atoms with Crippen molar-refractivity contribution in [2.45, 2.75) is 127 Å². The molecule has 0 N–H and O–H groups in total. The zero-order chi connectivity index (χ0) is 32.7. The third-order valence-corrected chi connectivity index (χ3v) is 30.9. The van der Waals surface area contributed by atoms with Gasteiger partial charge < -0.3 is 0 Å². The summed E-state index contributed by atoms with van der Waals surface area (Å²) in [6.45, 7) is 15.7. The summed E-state index contributed by atoms with van der Waals surface area (Å²) in [6.07, 6.45) is 12.2. The maximum atomic E-state index is 7.76. The van der Waals surface area contributed by atoms with E-state index in [2.05, 4.69) is 102 Å². The van der Waals surface area contributed by atoms with E-state index in [0.29, 0.717) is 26.4 Å². The first-order valence-electron chi connectivity index (χ1n) is 18.1. The van der Waals surface area contributed by atoms with E-state index in [1.807, 2.05) is 0 Å². The van der Waals surface area contributed by atoms with Gasteiger partial charge in [-0.3, -0.25) is 0 Å². The summed E-state index contributed by atoms with van der Waals surface area (Å²) in [5.74, 6) is 0. The van der Waals surface area contributed by atoms with Crippen molar-refractivity contribution >= 4 is 47.2 Å². The Hall–Kier alpha value is -0.568. The van der Waals surface area contributed by atoms with Crippen molar-refractivity contribution in [3.63, 3.8) is 0 Å². The predicted molar refractivity (Wildman–Crippen MR) is 194 cm³/mol. The van der Waals surface area contributed by atoms with E-state index < -0.39 is 36.8 Å². The minimum absolute atomic E-state index is 0.606. The summed E-state index contributed by atoms with van der Waals surface area (Å²) >= 11 is -4.16. The van der Waals surface area contributed by atoms with E-state index in [4.69, 9.17) is 23.2 Å². The van der Waals surface area contributed by atoms with Gasteiger partial charge in [0.2, 0.25) is 0 Å². The van der Waals surface area contributed by atoms with Crippen LogP contribution in [0.15, 0.2) is 60.7 Å². The monoisotopic (exact) mass is 768 g/mol.